The van der Waals surface area contributed by atoms with Crippen LogP contribution in [0.2, 0.25) is 0 Å². The van der Waals surface area contributed by atoms with Gasteiger partial charge in [0.15, 0.2) is 11.5 Å². The quantitative estimate of drug-likeness (QED) is 0.802. The van der Waals surface area contributed by atoms with Crippen molar-refractivity contribution in [2.75, 3.05) is 33.3 Å². The van der Waals surface area contributed by atoms with Crippen LogP contribution in [0.4, 0.5) is 0 Å². The van der Waals surface area contributed by atoms with Gasteiger partial charge in [-0.3, -0.25) is 14.5 Å². The fourth-order valence-electron chi connectivity index (χ4n) is 3.13. The highest BCUT2D eigenvalue weighted by Crippen LogP contribution is 2.28. The summed E-state index contributed by atoms with van der Waals surface area (Å²) in [5.41, 5.74) is 1.67. The second kappa shape index (κ2) is 8.11. The molecule has 134 valence electrons. The number of aromatic nitrogens is 1. The van der Waals surface area contributed by atoms with Gasteiger partial charge < -0.3 is 14.5 Å². The minimum absolute atomic E-state index is 0.0814. The third-order valence-corrected chi connectivity index (χ3v) is 4.41. The van der Waals surface area contributed by atoms with E-state index < -0.39 is 0 Å². The maximum absolute atomic E-state index is 12.0. The van der Waals surface area contributed by atoms with Crippen LogP contribution in [-0.2, 0) is 14.3 Å². The van der Waals surface area contributed by atoms with Crippen LogP contribution in [0.15, 0.2) is 28.7 Å². The van der Waals surface area contributed by atoms with Crippen LogP contribution in [0.1, 0.15) is 31.1 Å². The molecule has 0 spiro atoms. The van der Waals surface area contributed by atoms with Crippen molar-refractivity contribution < 1.29 is 18.7 Å². The summed E-state index contributed by atoms with van der Waals surface area (Å²) in [5.74, 6) is 0.539. The van der Waals surface area contributed by atoms with Gasteiger partial charge in [-0.2, -0.15) is 0 Å². The number of ether oxygens (including phenoxy) is 1. The van der Waals surface area contributed by atoms with E-state index >= 15 is 0 Å². The molecular formula is C18H23N3O4. The number of nitrogens with zero attached hydrogens (tertiary/aromatic N) is 2. The van der Waals surface area contributed by atoms with E-state index in [-0.39, 0.29) is 24.2 Å². The summed E-state index contributed by atoms with van der Waals surface area (Å²) in [7, 11) is 1.34. The number of rotatable bonds is 6. The molecule has 25 heavy (non-hydrogen) atoms. The third kappa shape index (κ3) is 4.57. The summed E-state index contributed by atoms with van der Waals surface area (Å²) in [4.78, 5) is 29.8. The summed E-state index contributed by atoms with van der Waals surface area (Å²) in [6.07, 6.45) is 2.19. The molecule has 1 aliphatic rings. The molecule has 1 aromatic carbocycles. The maximum Gasteiger partial charge on any atom is 0.307 e. The predicted molar refractivity (Wildman–Crippen MR) is 92.1 cm³/mol. The molecule has 0 bridgehead atoms. The number of hydrogen-bond donors (Lipinski definition) is 1. The van der Waals surface area contributed by atoms with Gasteiger partial charge in [-0.15, -0.1) is 0 Å². The van der Waals surface area contributed by atoms with Crippen LogP contribution in [-0.4, -0.2) is 55.0 Å². The summed E-state index contributed by atoms with van der Waals surface area (Å²) < 4.78 is 10.4. The van der Waals surface area contributed by atoms with Crippen molar-refractivity contribution in [1.82, 2.24) is 15.2 Å². The molecular weight excluding hydrogens is 322 g/mol. The average molecular weight is 345 g/mol. The predicted octanol–water partition coefficient (Wildman–Crippen LogP) is 1.69. The zero-order valence-corrected chi connectivity index (χ0v) is 14.4. The van der Waals surface area contributed by atoms with Crippen molar-refractivity contribution in [2.24, 2.45) is 0 Å². The Morgan fingerprint density at radius 1 is 1.40 bits per heavy atom. The lowest BCUT2D eigenvalue weighted by atomic mass is 9.98. The Morgan fingerprint density at radius 2 is 2.24 bits per heavy atom. The molecule has 1 N–H and O–H groups in total. The largest absolute Gasteiger partial charge is 0.469 e. The van der Waals surface area contributed by atoms with Gasteiger partial charge in [0.1, 0.15) is 5.52 Å². The Bertz CT molecular complexity index is 710. The van der Waals surface area contributed by atoms with Crippen molar-refractivity contribution in [3.05, 3.63) is 30.2 Å². The number of methoxy groups -OCH3 is 1. The maximum atomic E-state index is 12.0. The van der Waals surface area contributed by atoms with Crippen LogP contribution >= 0.6 is 0 Å². The van der Waals surface area contributed by atoms with E-state index in [1.807, 2.05) is 24.3 Å². The standard InChI is InChI=1S/C18H23N3O4/c1-24-17(23)8-9-19-16(22)12-21-10-4-5-13(11-21)18-20-14-6-2-3-7-15(14)25-18/h2-3,6-7,13H,4-5,8-12H2,1H3,(H,19,22). The molecule has 1 unspecified atom stereocenters. The van der Waals surface area contributed by atoms with Crippen LogP contribution in [0.25, 0.3) is 11.1 Å². The fraction of sp³-hybridized carbons (Fsp3) is 0.500. The molecule has 1 saturated heterocycles. The monoisotopic (exact) mass is 345 g/mol. The number of carbonyl (C=O) groups excluding carboxylic acids is 2. The molecule has 1 atom stereocenters. The SMILES string of the molecule is COC(=O)CCNC(=O)CN1CCCC(c2nc3ccccc3o2)C1. The summed E-state index contributed by atoms with van der Waals surface area (Å²) in [6.45, 7) is 2.24. The van der Waals surface area contributed by atoms with Crippen LogP contribution < -0.4 is 5.32 Å². The number of hydrogen-bond acceptors (Lipinski definition) is 6. The number of likely N-dealkylation sites (tertiary alicyclic amines) is 1. The van der Waals surface area contributed by atoms with Gasteiger partial charge in [-0.1, -0.05) is 12.1 Å². The molecule has 1 fully saturated rings. The zero-order chi connectivity index (χ0) is 17.6. The number of benzene rings is 1. The number of piperidine rings is 1. The Labute approximate surface area is 146 Å². The molecule has 1 aliphatic heterocycles. The minimum atomic E-state index is -0.325. The summed E-state index contributed by atoms with van der Waals surface area (Å²) >= 11 is 0. The van der Waals surface area contributed by atoms with Gasteiger partial charge in [-0.25, -0.2) is 4.98 Å². The molecule has 0 saturated carbocycles. The highest BCUT2D eigenvalue weighted by molar-refractivity contribution is 5.79. The Hall–Kier alpha value is -2.41. The van der Waals surface area contributed by atoms with Gasteiger partial charge >= 0.3 is 5.97 Å². The van der Waals surface area contributed by atoms with Gasteiger partial charge in [-0.05, 0) is 31.5 Å². The zero-order valence-electron chi connectivity index (χ0n) is 14.4. The van der Waals surface area contributed by atoms with E-state index in [1.54, 1.807) is 0 Å². The number of fused-ring (bicyclic) bond motifs is 1. The molecule has 0 radical (unpaired) electrons. The first kappa shape index (κ1) is 17.4. The fourth-order valence-corrected chi connectivity index (χ4v) is 3.13. The van der Waals surface area contributed by atoms with E-state index in [1.165, 1.54) is 7.11 Å². The van der Waals surface area contributed by atoms with E-state index in [2.05, 4.69) is 19.9 Å². The highest BCUT2D eigenvalue weighted by Gasteiger charge is 2.26. The molecule has 2 heterocycles. The lowest BCUT2D eigenvalue weighted by molar-refractivity contribution is -0.140. The molecule has 7 heteroatoms. The Morgan fingerprint density at radius 3 is 3.04 bits per heavy atom. The first-order valence-electron chi connectivity index (χ1n) is 8.57. The molecule has 0 aliphatic carbocycles. The molecule has 1 amide bonds. The van der Waals surface area contributed by atoms with Crippen molar-refractivity contribution in [3.63, 3.8) is 0 Å². The minimum Gasteiger partial charge on any atom is -0.469 e. The van der Waals surface area contributed by atoms with E-state index in [4.69, 9.17) is 4.42 Å². The number of amides is 1. The van der Waals surface area contributed by atoms with E-state index in [9.17, 15) is 9.59 Å². The number of esters is 1. The molecule has 1 aromatic heterocycles. The second-order valence-electron chi connectivity index (χ2n) is 6.27. The van der Waals surface area contributed by atoms with Crippen LogP contribution in [0, 0.1) is 0 Å². The average Bonchev–Trinajstić information content (AvgIpc) is 3.06. The topological polar surface area (TPSA) is 84.7 Å². The summed E-state index contributed by atoms with van der Waals surface area (Å²) in [6, 6.07) is 7.74. The van der Waals surface area contributed by atoms with Gasteiger partial charge in [0.25, 0.3) is 0 Å². The van der Waals surface area contributed by atoms with E-state index in [0.29, 0.717) is 13.1 Å². The third-order valence-electron chi connectivity index (χ3n) is 4.41. The normalized spacial score (nSPS) is 18.2. The Balaban J connectivity index is 1.52. The van der Waals surface area contributed by atoms with Crippen molar-refractivity contribution in [1.29, 1.82) is 0 Å². The van der Waals surface area contributed by atoms with Crippen molar-refractivity contribution >= 4 is 23.0 Å². The second-order valence-corrected chi connectivity index (χ2v) is 6.27. The van der Waals surface area contributed by atoms with Crippen LogP contribution in [0.3, 0.4) is 0 Å². The number of para-hydroxylation sites is 2. The summed E-state index contributed by atoms with van der Waals surface area (Å²) in [5, 5.41) is 2.75. The van der Waals surface area contributed by atoms with Crippen LogP contribution in [0.5, 0.6) is 0 Å². The van der Waals surface area contributed by atoms with Gasteiger partial charge in [0, 0.05) is 19.0 Å². The smallest absolute Gasteiger partial charge is 0.307 e. The first-order valence-corrected chi connectivity index (χ1v) is 8.57. The number of carbonyl (C=O) groups is 2. The molecule has 2 aromatic rings. The molecule has 7 nitrogen and oxygen atoms in total. The number of nitrogens with one attached hydrogen (secondary N) is 1. The molecule has 3 rings (SSSR count). The van der Waals surface area contributed by atoms with Gasteiger partial charge in [0.2, 0.25) is 5.91 Å². The Kier molecular flexibility index (Phi) is 5.65. The van der Waals surface area contributed by atoms with Gasteiger partial charge in [0.05, 0.1) is 20.1 Å². The lowest BCUT2D eigenvalue weighted by Crippen LogP contribution is -2.42. The first-order chi connectivity index (χ1) is 12.2. The van der Waals surface area contributed by atoms with E-state index in [0.717, 1.165) is 42.9 Å². The highest BCUT2D eigenvalue weighted by atomic mass is 16.5. The van der Waals surface area contributed by atoms with Crippen molar-refractivity contribution in [2.45, 2.75) is 25.2 Å². The lowest BCUT2D eigenvalue weighted by Gasteiger charge is -2.30. The number of oxazole rings is 1. The van der Waals surface area contributed by atoms with Crippen molar-refractivity contribution in [3.8, 4) is 0 Å².